The van der Waals surface area contributed by atoms with Crippen LogP contribution in [0, 0.1) is 17.5 Å². The van der Waals surface area contributed by atoms with E-state index in [0.717, 1.165) is 38.1 Å². The summed E-state index contributed by atoms with van der Waals surface area (Å²) in [5.74, 6) is -1.22. The molecule has 0 fully saturated rings. The molecule has 0 aliphatic rings. The topological polar surface area (TPSA) is 41.0 Å². The number of rotatable bonds is 9. The second-order valence-corrected chi connectivity index (χ2v) is 7.13. The maximum Gasteiger partial charge on any atom is 0.159 e. The van der Waals surface area contributed by atoms with Crippen LogP contribution >= 0.6 is 0 Å². The molecule has 0 unspecified atom stereocenters. The van der Waals surface area contributed by atoms with Crippen LogP contribution in [0.3, 0.4) is 0 Å². The molecule has 1 N–H and O–H groups in total. The van der Waals surface area contributed by atoms with Gasteiger partial charge >= 0.3 is 0 Å². The molecule has 4 nitrogen and oxygen atoms in total. The standard InChI is InChI=1S/C23H25F3N4/c1-3-30(2)13-5-4-12-27-23-18-15-17(24)8-10-21(18)28-22(29-23)11-7-16-6-9-19(25)20(26)14-16/h6-11,14-15H,3-5,12-13H2,1-2H3,(H,27,28,29)/b11-7+. The van der Waals surface area contributed by atoms with Crippen LogP contribution in [-0.4, -0.2) is 41.5 Å². The van der Waals surface area contributed by atoms with Crippen molar-refractivity contribution in [1.82, 2.24) is 14.9 Å². The van der Waals surface area contributed by atoms with Gasteiger partial charge in [-0.2, -0.15) is 0 Å². The van der Waals surface area contributed by atoms with Crippen LogP contribution in [0.4, 0.5) is 19.0 Å². The number of anilines is 1. The highest BCUT2D eigenvalue weighted by molar-refractivity contribution is 5.90. The quantitative estimate of drug-likeness (QED) is 0.479. The predicted molar refractivity (Wildman–Crippen MR) is 116 cm³/mol. The Morgan fingerprint density at radius 1 is 0.967 bits per heavy atom. The van der Waals surface area contributed by atoms with E-state index in [1.54, 1.807) is 18.2 Å². The van der Waals surface area contributed by atoms with E-state index >= 15 is 0 Å². The SMILES string of the molecule is CCN(C)CCCCNc1nc(/C=C/c2ccc(F)c(F)c2)nc2ccc(F)cc12. The molecular weight excluding hydrogens is 389 g/mol. The smallest absolute Gasteiger partial charge is 0.159 e. The number of fused-ring (bicyclic) bond motifs is 1. The highest BCUT2D eigenvalue weighted by Gasteiger charge is 2.08. The molecule has 0 bridgehead atoms. The number of unbranched alkanes of at least 4 members (excludes halogenated alkanes) is 1. The summed E-state index contributed by atoms with van der Waals surface area (Å²) in [5.41, 5.74) is 1.09. The zero-order valence-corrected chi connectivity index (χ0v) is 17.1. The number of aromatic nitrogens is 2. The Kier molecular flexibility index (Phi) is 7.41. The fraction of sp³-hybridized carbons (Fsp3) is 0.304. The van der Waals surface area contributed by atoms with Crippen LogP contribution in [-0.2, 0) is 0 Å². The van der Waals surface area contributed by atoms with E-state index in [-0.39, 0.29) is 5.82 Å². The van der Waals surface area contributed by atoms with E-state index in [0.29, 0.717) is 34.7 Å². The van der Waals surface area contributed by atoms with E-state index in [2.05, 4.69) is 34.2 Å². The van der Waals surface area contributed by atoms with Gasteiger partial charge in [-0.25, -0.2) is 23.1 Å². The van der Waals surface area contributed by atoms with Gasteiger partial charge in [-0.3, -0.25) is 0 Å². The van der Waals surface area contributed by atoms with Crippen LogP contribution in [0.1, 0.15) is 31.2 Å². The molecule has 0 amide bonds. The van der Waals surface area contributed by atoms with Crippen LogP contribution < -0.4 is 5.32 Å². The average Bonchev–Trinajstić information content (AvgIpc) is 2.74. The number of halogens is 3. The van der Waals surface area contributed by atoms with Crippen LogP contribution in [0.2, 0.25) is 0 Å². The van der Waals surface area contributed by atoms with Gasteiger partial charge in [-0.15, -0.1) is 0 Å². The summed E-state index contributed by atoms with van der Waals surface area (Å²) >= 11 is 0. The third-order valence-electron chi connectivity index (χ3n) is 4.84. The van der Waals surface area contributed by atoms with E-state index in [9.17, 15) is 13.2 Å². The first-order valence-electron chi connectivity index (χ1n) is 9.99. The van der Waals surface area contributed by atoms with Crippen molar-refractivity contribution in [2.24, 2.45) is 0 Å². The number of hydrogen-bond donors (Lipinski definition) is 1. The minimum atomic E-state index is -0.914. The summed E-state index contributed by atoms with van der Waals surface area (Å²) < 4.78 is 40.3. The summed E-state index contributed by atoms with van der Waals surface area (Å²) in [4.78, 5) is 11.2. The summed E-state index contributed by atoms with van der Waals surface area (Å²) in [6, 6.07) is 8.01. The Hall–Kier alpha value is -2.93. The molecule has 0 saturated heterocycles. The van der Waals surface area contributed by atoms with Crippen LogP contribution in [0.5, 0.6) is 0 Å². The molecule has 0 saturated carbocycles. The highest BCUT2D eigenvalue weighted by Crippen LogP contribution is 2.22. The molecule has 1 heterocycles. The molecule has 7 heteroatoms. The predicted octanol–water partition coefficient (Wildman–Crippen LogP) is 5.36. The minimum Gasteiger partial charge on any atom is -0.369 e. The molecule has 0 aliphatic heterocycles. The van der Waals surface area contributed by atoms with Crippen molar-refractivity contribution < 1.29 is 13.2 Å². The maximum absolute atomic E-state index is 13.8. The minimum absolute atomic E-state index is 0.358. The number of nitrogens with one attached hydrogen (secondary N) is 1. The van der Waals surface area contributed by atoms with Crippen molar-refractivity contribution in [2.45, 2.75) is 19.8 Å². The second kappa shape index (κ2) is 10.2. The Balaban J connectivity index is 1.79. The van der Waals surface area contributed by atoms with Gasteiger partial charge in [0.2, 0.25) is 0 Å². The molecule has 0 aliphatic carbocycles. The molecule has 30 heavy (non-hydrogen) atoms. The normalized spacial score (nSPS) is 11.7. The highest BCUT2D eigenvalue weighted by atomic mass is 19.2. The summed E-state index contributed by atoms with van der Waals surface area (Å²) in [7, 11) is 2.08. The van der Waals surface area contributed by atoms with Gasteiger partial charge in [0.25, 0.3) is 0 Å². The molecule has 0 atom stereocenters. The van der Waals surface area contributed by atoms with Crippen molar-refractivity contribution in [1.29, 1.82) is 0 Å². The Morgan fingerprint density at radius 2 is 1.80 bits per heavy atom. The zero-order chi connectivity index (χ0) is 21.5. The second-order valence-electron chi connectivity index (χ2n) is 7.13. The summed E-state index contributed by atoms with van der Waals surface area (Å²) in [6.45, 7) is 4.85. The van der Waals surface area contributed by atoms with Gasteiger partial charge in [0, 0.05) is 11.9 Å². The van der Waals surface area contributed by atoms with Crippen molar-refractivity contribution in [2.75, 3.05) is 32.0 Å². The van der Waals surface area contributed by atoms with Crippen molar-refractivity contribution in [3.63, 3.8) is 0 Å². The first-order valence-corrected chi connectivity index (χ1v) is 9.99. The maximum atomic E-state index is 13.8. The van der Waals surface area contributed by atoms with E-state index in [4.69, 9.17) is 0 Å². The monoisotopic (exact) mass is 414 g/mol. The van der Waals surface area contributed by atoms with Gasteiger partial charge in [0.05, 0.1) is 5.52 Å². The van der Waals surface area contributed by atoms with Crippen molar-refractivity contribution in [3.8, 4) is 0 Å². The molecule has 1 aromatic heterocycles. The Bertz CT molecular complexity index is 1040. The van der Waals surface area contributed by atoms with E-state index < -0.39 is 11.6 Å². The largest absolute Gasteiger partial charge is 0.369 e. The van der Waals surface area contributed by atoms with Gasteiger partial charge < -0.3 is 10.2 Å². The van der Waals surface area contributed by atoms with Crippen molar-refractivity contribution >= 4 is 28.9 Å². The lowest BCUT2D eigenvalue weighted by Gasteiger charge is -2.14. The molecule has 3 rings (SSSR count). The van der Waals surface area contributed by atoms with Gasteiger partial charge in [0.15, 0.2) is 17.5 Å². The Morgan fingerprint density at radius 3 is 2.57 bits per heavy atom. The zero-order valence-electron chi connectivity index (χ0n) is 17.1. The molecular formula is C23H25F3N4. The molecule has 0 spiro atoms. The van der Waals surface area contributed by atoms with Gasteiger partial charge in [-0.05, 0) is 75.0 Å². The lowest BCUT2D eigenvalue weighted by Crippen LogP contribution is -2.19. The van der Waals surface area contributed by atoms with E-state index in [1.165, 1.54) is 18.2 Å². The molecule has 158 valence electrons. The third kappa shape index (κ3) is 5.79. The summed E-state index contributed by atoms with van der Waals surface area (Å²) in [5, 5.41) is 3.88. The fourth-order valence-corrected chi connectivity index (χ4v) is 2.99. The van der Waals surface area contributed by atoms with Gasteiger partial charge in [0.1, 0.15) is 11.6 Å². The van der Waals surface area contributed by atoms with Crippen molar-refractivity contribution in [3.05, 3.63) is 65.2 Å². The first-order chi connectivity index (χ1) is 14.5. The molecule has 0 radical (unpaired) electrons. The van der Waals surface area contributed by atoms with E-state index in [1.807, 2.05) is 0 Å². The lowest BCUT2D eigenvalue weighted by molar-refractivity contribution is 0.345. The third-order valence-corrected chi connectivity index (χ3v) is 4.84. The lowest BCUT2D eigenvalue weighted by atomic mass is 10.2. The molecule has 3 aromatic rings. The number of hydrogen-bond acceptors (Lipinski definition) is 4. The molecule has 2 aromatic carbocycles. The first kappa shape index (κ1) is 21.8. The number of nitrogens with zero attached hydrogens (tertiary/aromatic N) is 3. The average molecular weight is 414 g/mol. The Labute approximate surface area is 174 Å². The van der Waals surface area contributed by atoms with Crippen LogP contribution in [0.25, 0.3) is 23.1 Å². The number of benzene rings is 2. The van der Waals surface area contributed by atoms with Crippen LogP contribution in [0.15, 0.2) is 36.4 Å². The van der Waals surface area contributed by atoms with Gasteiger partial charge in [-0.1, -0.05) is 19.1 Å². The summed E-state index contributed by atoms with van der Waals surface area (Å²) in [6.07, 6.45) is 5.22. The fourth-order valence-electron chi connectivity index (χ4n) is 2.99.